The van der Waals surface area contributed by atoms with Crippen molar-refractivity contribution in [2.24, 2.45) is 17.6 Å². The third-order valence-electron chi connectivity index (χ3n) is 3.61. The van der Waals surface area contributed by atoms with E-state index < -0.39 is 48.9 Å². The topological polar surface area (TPSA) is 114 Å². The minimum atomic E-state index is -4.72. The number of likely N-dealkylation sites (tertiary alicyclic amines) is 1. The molecule has 3 N–H and O–H groups in total. The van der Waals surface area contributed by atoms with Crippen LogP contribution >= 0.6 is 0 Å². The summed E-state index contributed by atoms with van der Waals surface area (Å²) in [5.74, 6) is -7.06. The van der Waals surface area contributed by atoms with Crippen LogP contribution in [0.15, 0.2) is 18.3 Å². The fourth-order valence-electron chi connectivity index (χ4n) is 2.38. The van der Waals surface area contributed by atoms with Gasteiger partial charge in [0.05, 0.1) is 17.4 Å². The van der Waals surface area contributed by atoms with Crippen LogP contribution in [0.2, 0.25) is 0 Å². The minimum Gasteiger partial charge on any atom is -0.481 e. The molecule has 0 aliphatic carbocycles. The molecule has 0 radical (unpaired) electrons. The molecule has 7 nitrogen and oxygen atoms in total. The van der Waals surface area contributed by atoms with Crippen molar-refractivity contribution in [3.63, 3.8) is 0 Å². The van der Waals surface area contributed by atoms with Crippen LogP contribution in [-0.4, -0.2) is 52.0 Å². The average Bonchev–Trinajstić information content (AvgIpc) is 2.92. The lowest BCUT2D eigenvalue weighted by Gasteiger charge is -2.18. The third kappa shape index (κ3) is 3.41. The van der Waals surface area contributed by atoms with Gasteiger partial charge in [-0.25, -0.2) is 0 Å². The number of nitrogens with two attached hydrogens (primary N) is 1. The fourth-order valence-corrected chi connectivity index (χ4v) is 2.38. The highest BCUT2D eigenvalue weighted by Gasteiger charge is 2.53. The van der Waals surface area contributed by atoms with Crippen LogP contribution in [-0.2, 0) is 4.79 Å². The summed E-state index contributed by atoms with van der Waals surface area (Å²) in [7, 11) is 0. The van der Waals surface area contributed by atoms with E-state index in [2.05, 4.69) is 4.98 Å². The lowest BCUT2D eigenvalue weighted by molar-refractivity contribution is -0.187. The number of pyridine rings is 1. The van der Waals surface area contributed by atoms with Crippen molar-refractivity contribution >= 4 is 17.8 Å². The van der Waals surface area contributed by atoms with Crippen LogP contribution in [0.1, 0.15) is 20.8 Å². The summed E-state index contributed by atoms with van der Waals surface area (Å²) in [5.41, 5.74) is 4.86. The number of rotatable bonds is 3. The predicted octanol–water partition coefficient (Wildman–Crippen LogP) is 0.516. The number of aliphatic carboxylic acids is 1. The maximum Gasteiger partial charge on any atom is 0.394 e. The van der Waals surface area contributed by atoms with Gasteiger partial charge < -0.3 is 15.7 Å². The van der Waals surface area contributed by atoms with Crippen molar-refractivity contribution in [2.45, 2.75) is 6.18 Å². The molecule has 10 heteroatoms. The van der Waals surface area contributed by atoms with Crippen LogP contribution in [0, 0.1) is 11.8 Å². The smallest absolute Gasteiger partial charge is 0.394 e. The first-order valence-corrected chi connectivity index (χ1v) is 6.46. The molecule has 0 unspecified atom stereocenters. The highest BCUT2D eigenvalue weighted by atomic mass is 19.4. The van der Waals surface area contributed by atoms with E-state index in [-0.39, 0.29) is 11.3 Å². The SMILES string of the molecule is NC(=O)c1ccc(C(=O)N2C[C@@H](C(F)(F)F)[C@H](C(=O)O)C2)nc1. The number of halogens is 3. The first kappa shape index (κ1) is 16.7. The molecular formula is C13H12F3N3O4. The Hall–Kier alpha value is -2.65. The number of alkyl halides is 3. The standard InChI is InChI=1S/C13H12F3N3O4/c14-13(15,16)8-5-19(4-7(8)12(22)23)11(21)9-2-1-6(3-18-9)10(17)20/h1-3,7-8H,4-5H2,(H2,17,20)(H,22,23)/t7-,8-/m1/s1. The monoisotopic (exact) mass is 331 g/mol. The Morgan fingerprint density at radius 1 is 1.26 bits per heavy atom. The molecule has 1 aromatic rings. The Morgan fingerprint density at radius 2 is 1.91 bits per heavy atom. The molecule has 0 aromatic carbocycles. The zero-order valence-electron chi connectivity index (χ0n) is 11.6. The summed E-state index contributed by atoms with van der Waals surface area (Å²) in [6, 6.07) is 2.37. The largest absolute Gasteiger partial charge is 0.481 e. The number of hydrogen-bond donors (Lipinski definition) is 2. The van der Waals surface area contributed by atoms with Gasteiger partial charge in [0.1, 0.15) is 5.69 Å². The summed E-state index contributed by atoms with van der Waals surface area (Å²) >= 11 is 0. The second-order valence-corrected chi connectivity index (χ2v) is 5.10. The summed E-state index contributed by atoms with van der Waals surface area (Å²) in [6.45, 7) is -1.31. The van der Waals surface area contributed by atoms with Gasteiger partial charge in [0.15, 0.2) is 0 Å². The third-order valence-corrected chi connectivity index (χ3v) is 3.61. The molecule has 2 rings (SSSR count). The molecule has 1 aliphatic rings. The lowest BCUT2D eigenvalue weighted by Crippen LogP contribution is -2.34. The quantitative estimate of drug-likeness (QED) is 0.838. The van der Waals surface area contributed by atoms with Crippen molar-refractivity contribution < 1.29 is 32.7 Å². The Labute approximate surface area is 127 Å². The molecule has 1 aromatic heterocycles. The average molecular weight is 331 g/mol. The van der Waals surface area contributed by atoms with Crippen LogP contribution in [0.4, 0.5) is 13.2 Å². The first-order valence-electron chi connectivity index (χ1n) is 6.46. The highest BCUT2D eigenvalue weighted by molar-refractivity contribution is 5.95. The Kier molecular flexibility index (Phi) is 4.26. The maximum atomic E-state index is 12.9. The van der Waals surface area contributed by atoms with E-state index in [0.717, 1.165) is 17.2 Å². The zero-order valence-corrected chi connectivity index (χ0v) is 11.6. The van der Waals surface area contributed by atoms with Crippen molar-refractivity contribution in [1.29, 1.82) is 0 Å². The molecule has 0 bridgehead atoms. The number of carboxylic acid groups (broad SMARTS) is 1. The van der Waals surface area contributed by atoms with Gasteiger partial charge in [-0.3, -0.25) is 19.4 Å². The molecule has 1 fully saturated rings. The number of hydrogen-bond acceptors (Lipinski definition) is 4. The molecule has 2 heterocycles. The molecule has 1 aliphatic heterocycles. The van der Waals surface area contributed by atoms with E-state index in [1.54, 1.807) is 0 Å². The lowest BCUT2D eigenvalue weighted by atomic mass is 9.96. The van der Waals surface area contributed by atoms with E-state index in [9.17, 15) is 27.6 Å². The van der Waals surface area contributed by atoms with Crippen molar-refractivity contribution in [3.05, 3.63) is 29.6 Å². The van der Waals surface area contributed by atoms with Gasteiger partial charge in [0, 0.05) is 19.3 Å². The predicted molar refractivity (Wildman–Crippen MR) is 69.3 cm³/mol. The van der Waals surface area contributed by atoms with Crippen molar-refractivity contribution in [1.82, 2.24) is 9.88 Å². The summed E-state index contributed by atoms with van der Waals surface area (Å²) in [4.78, 5) is 38.5. The zero-order chi connectivity index (χ0) is 17.4. The molecule has 124 valence electrons. The van der Waals surface area contributed by atoms with Gasteiger partial charge in [-0.2, -0.15) is 13.2 Å². The highest BCUT2D eigenvalue weighted by Crippen LogP contribution is 2.38. The van der Waals surface area contributed by atoms with Gasteiger partial charge in [0.25, 0.3) is 5.91 Å². The summed E-state index contributed by atoms with van der Waals surface area (Å²) in [5, 5.41) is 8.91. The fraction of sp³-hybridized carbons (Fsp3) is 0.385. The van der Waals surface area contributed by atoms with Crippen LogP contribution in [0.25, 0.3) is 0 Å². The molecule has 0 saturated carbocycles. The number of nitrogens with zero attached hydrogens (tertiary/aromatic N) is 2. The minimum absolute atomic E-state index is 0.0413. The number of amides is 2. The Bertz CT molecular complexity index is 645. The molecule has 2 amide bonds. The number of carbonyl (C=O) groups is 3. The number of carboxylic acids is 1. The molecular weight excluding hydrogens is 319 g/mol. The second-order valence-electron chi connectivity index (χ2n) is 5.10. The van der Waals surface area contributed by atoms with E-state index in [4.69, 9.17) is 10.8 Å². The van der Waals surface area contributed by atoms with E-state index in [1.807, 2.05) is 0 Å². The molecule has 23 heavy (non-hydrogen) atoms. The van der Waals surface area contributed by atoms with Crippen molar-refractivity contribution in [2.75, 3.05) is 13.1 Å². The summed E-state index contributed by atoms with van der Waals surface area (Å²) < 4.78 is 38.7. The maximum absolute atomic E-state index is 12.9. The van der Waals surface area contributed by atoms with Gasteiger partial charge in [-0.1, -0.05) is 0 Å². The van der Waals surface area contributed by atoms with E-state index >= 15 is 0 Å². The van der Waals surface area contributed by atoms with Gasteiger partial charge >= 0.3 is 12.1 Å². The Morgan fingerprint density at radius 3 is 2.30 bits per heavy atom. The van der Waals surface area contributed by atoms with Gasteiger partial charge in [0.2, 0.25) is 5.91 Å². The van der Waals surface area contributed by atoms with E-state index in [0.29, 0.717) is 0 Å². The molecule has 1 saturated heterocycles. The Balaban J connectivity index is 2.20. The normalized spacial score (nSPS) is 21.3. The van der Waals surface area contributed by atoms with Crippen molar-refractivity contribution in [3.8, 4) is 0 Å². The second kappa shape index (κ2) is 5.86. The number of aromatic nitrogens is 1. The van der Waals surface area contributed by atoms with E-state index in [1.165, 1.54) is 6.07 Å². The molecule has 2 atom stereocenters. The van der Waals surface area contributed by atoms with Crippen LogP contribution in [0.3, 0.4) is 0 Å². The van der Waals surface area contributed by atoms with Crippen LogP contribution < -0.4 is 5.73 Å². The van der Waals surface area contributed by atoms with Gasteiger partial charge in [-0.05, 0) is 12.1 Å². The summed E-state index contributed by atoms with van der Waals surface area (Å²) in [6.07, 6.45) is -3.69. The molecule has 0 spiro atoms. The number of primary amides is 1. The van der Waals surface area contributed by atoms with Crippen LogP contribution in [0.5, 0.6) is 0 Å². The van der Waals surface area contributed by atoms with Gasteiger partial charge in [-0.15, -0.1) is 0 Å². The number of carbonyl (C=O) groups excluding carboxylic acids is 2. The first-order chi connectivity index (χ1) is 10.6.